The average molecular weight is 507 g/mol. The summed E-state index contributed by atoms with van der Waals surface area (Å²) >= 11 is 0. The van der Waals surface area contributed by atoms with Gasteiger partial charge in [0.05, 0.1) is 19.0 Å². The number of ether oxygens (including phenoxy) is 1. The summed E-state index contributed by atoms with van der Waals surface area (Å²) in [5.41, 5.74) is 3.54. The van der Waals surface area contributed by atoms with Gasteiger partial charge in [0.2, 0.25) is 5.88 Å². The first-order valence-electron chi connectivity index (χ1n) is 10.8. The number of carbonyl (C=O) groups excluding carboxylic acids is 1. The molecule has 35 heavy (non-hydrogen) atoms. The van der Waals surface area contributed by atoms with Crippen LogP contribution in [-0.2, 0) is 22.9 Å². The van der Waals surface area contributed by atoms with Crippen molar-refractivity contribution in [2.75, 3.05) is 12.4 Å². The summed E-state index contributed by atoms with van der Waals surface area (Å²) < 4.78 is 34.1. The number of aryl methyl sites for hydroxylation is 1. The van der Waals surface area contributed by atoms with Crippen molar-refractivity contribution in [3.05, 3.63) is 64.5 Å². The summed E-state index contributed by atoms with van der Waals surface area (Å²) in [5, 5.41) is 2.74. The van der Waals surface area contributed by atoms with Crippen molar-refractivity contribution >= 4 is 51.3 Å². The zero-order chi connectivity index (χ0) is 24.5. The van der Waals surface area contributed by atoms with Crippen molar-refractivity contribution in [3.8, 4) is 17.0 Å². The molecular formula is C23H25N5NaO5S. The zero-order valence-corrected chi connectivity index (χ0v) is 22.8. The van der Waals surface area contributed by atoms with Gasteiger partial charge in [0, 0.05) is 59.6 Å². The summed E-state index contributed by atoms with van der Waals surface area (Å²) in [6.07, 6.45) is 6.29. The molecule has 12 heteroatoms. The Kier molecular flexibility index (Phi) is 8.37. The van der Waals surface area contributed by atoms with E-state index in [-0.39, 0.29) is 40.5 Å². The Hall–Kier alpha value is -2.73. The molecule has 179 valence electrons. The van der Waals surface area contributed by atoms with E-state index in [1.165, 1.54) is 17.9 Å². The van der Waals surface area contributed by atoms with E-state index < -0.39 is 21.7 Å². The summed E-state index contributed by atoms with van der Waals surface area (Å²) in [4.78, 5) is 32.2. The van der Waals surface area contributed by atoms with E-state index in [4.69, 9.17) is 4.74 Å². The molecule has 1 aromatic carbocycles. The maximum absolute atomic E-state index is 12.9. The molecule has 2 amide bonds. The van der Waals surface area contributed by atoms with E-state index >= 15 is 0 Å². The summed E-state index contributed by atoms with van der Waals surface area (Å²) in [7, 11) is -2.75. The molecule has 1 aliphatic rings. The van der Waals surface area contributed by atoms with Crippen LogP contribution in [0.3, 0.4) is 0 Å². The number of carbonyl (C=O) groups is 1. The Bertz CT molecular complexity index is 1420. The van der Waals surface area contributed by atoms with Gasteiger partial charge in [-0.05, 0) is 55.9 Å². The average Bonchev–Trinajstić information content (AvgIpc) is 3.28. The van der Waals surface area contributed by atoms with Gasteiger partial charge in [-0.1, -0.05) is 12.1 Å². The molecule has 2 heterocycles. The van der Waals surface area contributed by atoms with Gasteiger partial charge in [0.25, 0.3) is 10.0 Å². The van der Waals surface area contributed by atoms with Crippen molar-refractivity contribution in [2.24, 2.45) is 0 Å². The normalized spacial score (nSPS) is 12.6. The molecule has 2 N–H and O–H groups in total. The number of sulfonamides is 1. The van der Waals surface area contributed by atoms with Crippen molar-refractivity contribution < 1.29 is 17.9 Å². The minimum Gasteiger partial charge on any atom is -0.481 e. The van der Waals surface area contributed by atoms with Crippen LogP contribution in [0.25, 0.3) is 11.1 Å². The van der Waals surface area contributed by atoms with Crippen LogP contribution in [0, 0.1) is 0 Å². The number of anilines is 1. The number of hydrogen-bond donors (Lipinski definition) is 2. The number of hydrogen-bond acceptors (Lipinski definition) is 7. The Balaban J connectivity index is 0.00000342. The summed E-state index contributed by atoms with van der Waals surface area (Å²) in [6.45, 7) is 3.45. The van der Waals surface area contributed by atoms with Gasteiger partial charge in [0.15, 0.2) is 0 Å². The minimum atomic E-state index is -4.27. The predicted molar refractivity (Wildman–Crippen MR) is 132 cm³/mol. The Morgan fingerprint density at radius 1 is 1.17 bits per heavy atom. The number of rotatable bonds is 6. The molecule has 3 aromatic rings. The predicted octanol–water partition coefficient (Wildman–Crippen LogP) is 2.51. The van der Waals surface area contributed by atoms with Gasteiger partial charge >= 0.3 is 11.7 Å². The number of amides is 2. The summed E-state index contributed by atoms with van der Waals surface area (Å²) in [5.74, 6) is 0.420. The number of fused-ring (bicyclic) bond motifs is 1. The number of pyridine rings is 1. The molecule has 10 nitrogen and oxygen atoms in total. The van der Waals surface area contributed by atoms with Crippen LogP contribution in [0.1, 0.15) is 37.4 Å². The molecule has 0 saturated carbocycles. The van der Waals surface area contributed by atoms with Gasteiger partial charge in [-0.15, -0.1) is 0 Å². The zero-order valence-electron chi connectivity index (χ0n) is 20.0. The Morgan fingerprint density at radius 2 is 1.94 bits per heavy atom. The van der Waals surface area contributed by atoms with E-state index in [1.807, 2.05) is 16.9 Å². The Labute approximate surface area is 225 Å². The van der Waals surface area contributed by atoms with E-state index in [0.29, 0.717) is 11.6 Å². The third-order valence-corrected chi connectivity index (χ3v) is 6.95. The molecule has 0 bridgehead atoms. The van der Waals surface area contributed by atoms with Crippen molar-refractivity contribution in [2.45, 2.75) is 44.0 Å². The van der Waals surface area contributed by atoms with Crippen LogP contribution < -0.4 is 20.5 Å². The maximum Gasteiger partial charge on any atom is 0.347 e. The smallest absolute Gasteiger partial charge is 0.347 e. The molecule has 0 saturated heterocycles. The van der Waals surface area contributed by atoms with Gasteiger partial charge in [-0.2, -0.15) is 0 Å². The van der Waals surface area contributed by atoms with E-state index in [2.05, 4.69) is 15.3 Å². The number of benzene rings is 1. The third kappa shape index (κ3) is 5.75. The molecule has 0 aliphatic heterocycles. The fourth-order valence-corrected chi connectivity index (χ4v) is 4.83. The molecule has 0 spiro atoms. The molecule has 4 rings (SSSR count). The first-order valence-corrected chi connectivity index (χ1v) is 12.2. The number of methoxy groups -OCH3 is 1. The first kappa shape index (κ1) is 26.9. The van der Waals surface area contributed by atoms with Gasteiger partial charge in [-0.3, -0.25) is 4.57 Å². The van der Waals surface area contributed by atoms with Gasteiger partial charge < -0.3 is 10.1 Å². The number of nitrogens with one attached hydrogen (secondary N) is 2. The van der Waals surface area contributed by atoms with Crippen molar-refractivity contribution in [3.63, 3.8) is 0 Å². The van der Waals surface area contributed by atoms with Gasteiger partial charge in [0.1, 0.15) is 4.90 Å². The molecule has 0 atom stereocenters. The SMILES string of the molecule is COc1cc(-c2ccc3c(c2NC(=O)NS(=O)(=O)c2cnc(=O)n(C(C)C)c2)CCC3)ccn1.[Na]. The molecule has 0 fully saturated rings. The standard InChI is InChI=1S/C23H25N5O5S.Na/c1-14(2)28-13-17(12-25-23(28)30)34(31,32)27-22(29)26-21-18-6-4-5-15(18)7-8-19(21)16-9-10-24-20(11-16)33-3;/h7-14H,4-6H2,1-3H3,(H2,26,27,29);. The third-order valence-electron chi connectivity index (χ3n) is 5.66. The van der Waals surface area contributed by atoms with Crippen LogP contribution in [0.5, 0.6) is 5.88 Å². The van der Waals surface area contributed by atoms with Crippen LogP contribution in [0.15, 0.2) is 52.5 Å². The van der Waals surface area contributed by atoms with Crippen LogP contribution >= 0.6 is 0 Å². The second kappa shape index (κ2) is 10.9. The monoisotopic (exact) mass is 506 g/mol. The molecule has 2 aromatic heterocycles. The van der Waals surface area contributed by atoms with E-state index in [0.717, 1.165) is 47.7 Å². The molecule has 1 radical (unpaired) electrons. The second-order valence-electron chi connectivity index (χ2n) is 8.20. The van der Waals surface area contributed by atoms with Crippen LogP contribution in [-0.4, -0.2) is 65.7 Å². The fourth-order valence-electron chi connectivity index (χ4n) is 3.98. The topological polar surface area (TPSA) is 132 Å². The molecule has 1 aliphatic carbocycles. The second-order valence-corrected chi connectivity index (χ2v) is 9.88. The van der Waals surface area contributed by atoms with Crippen molar-refractivity contribution in [1.29, 1.82) is 0 Å². The number of nitrogens with zero attached hydrogens (tertiary/aromatic N) is 3. The van der Waals surface area contributed by atoms with E-state index in [9.17, 15) is 18.0 Å². The molecular weight excluding hydrogens is 481 g/mol. The van der Waals surface area contributed by atoms with Crippen molar-refractivity contribution in [1.82, 2.24) is 19.3 Å². The van der Waals surface area contributed by atoms with Crippen LogP contribution in [0.2, 0.25) is 0 Å². The fraction of sp³-hybridized carbons (Fsp3) is 0.304. The Morgan fingerprint density at radius 3 is 2.66 bits per heavy atom. The minimum absolute atomic E-state index is 0. The quantitative estimate of drug-likeness (QED) is 0.491. The number of aromatic nitrogens is 3. The largest absolute Gasteiger partial charge is 0.481 e. The first-order chi connectivity index (χ1) is 16.2. The molecule has 0 unspecified atom stereocenters. The van der Waals surface area contributed by atoms with Gasteiger partial charge in [-0.25, -0.2) is 32.7 Å². The number of urea groups is 1. The summed E-state index contributed by atoms with van der Waals surface area (Å²) in [6, 6.07) is 6.24. The van der Waals surface area contributed by atoms with E-state index in [1.54, 1.807) is 32.2 Å². The maximum atomic E-state index is 12.9. The van der Waals surface area contributed by atoms with Crippen LogP contribution in [0.4, 0.5) is 10.5 Å².